The van der Waals surface area contributed by atoms with Gasteiger partial charge in [-0.25, -0.2) is 0 Å². The monoisotopic (exact) mass is 443 g/mol. The van der Waals surface area contributed by atoms with Gasteiger partial charge in [-0.05, 0) is 6.42 Å². The Bertz CT molecular complexity index is 435. The number of rotatable bonds is 20. The van der Waals surface area contributed by atoms with Gasteiger partial charge in [0.1, 0.15) is 6.61 Å². The zero-order valence-corrected chi connectivity index (χ0v) is 21.1. The van der Waals surface area contributed by atoms with Crippen molar-refractivity contribution in [3.63, 3.8) is 0 Å². The van der Waals surface area contributed by atoms with Crippen molar-refractivity contribution in [1.82, 2.24) is 0 Å². The van der Waals surface area contributed by atoms with E-state index in [-0.39, 0.29) is 11.8 Å². The Balaban J connectivity index is 3.38. The van der Waals surface area contributed by atoms with Crippen LogP contribution in [0.15, 0.2) is 0 Å². The minimum atomic E-state index is -0.448. The van der Waals surface area contributed by atoms with Crippen LogP contribution in [0.5, 0.6) is 0 Å². The van der Waals surface area contributed by atoms with Crippen LogP contribution in [-0.2, 0) is 14.3 Å². The average molecular weight is 444 g/mol. The number of esters is 1. The molecule has 0 unspecified atom stereocenters. The first-order valence-electron chi connectivity index (χ1n) is 12.3. The first-order valence-corrected chi connectivity index (χ1v) is 13.5. The number of thioether (sulfide) groups is 1. The Labute approximate surface area is 190 Å². The molecule has 0 bridgehead atoms. The molecule has 0 aliphatic carbocycles. The summed E-state index contributed by atoms with van der Waals surface area (Å²) in [6, 6.07) is -0.448. The number of unbranched alkanes of at least 4 members (excludes halogenated alkanes) is 12. The number of carbonyl (C=O) groups excluding carboxylic acids is 2. The van der Waals surface area contributed by atoms with Crippen LogP contribution in [0.4, 0.5) is 0 Å². The van der Waals surface area contributed by atoms with Crippen LogP contribution >= 0.6 is 11.8 Å². The largest absolute Gasteiger partial charge is 0.465 e. The quantitative estimate of drug-likeness (QED) is 0.168. The van der Waals surface area contributed by atoms with E-state index in [0.29, 0.717) is 24.5 Å². The third-order valence-electron chi connectivity index (χ3n) is 5.35. The van der Waals surface area contributed by atoms with Crippen LogP contribution in [0, 0.1) is 5.41 Å². The molecule has 0 saturated carbocycles. The predicted octanol–water partition coefficient (Wildman–Crippen LogP) is 6.69. The number of hydrogen-bond donors (Lipinski definition) is 1. The molecule has 0 rings (SSSR count). The van der Waals surface area contributed by atoms with Gasteiger partial charge in [-0.1, -0.05) is 105 Å². The summed E-state index contributed by atoms with van der Waals surface area (Å²) in [4.78, 5) is 23.8. The van der Waals surface area contributed by atoms with Crippen molar-refractivity contribution >= 4 is 23.5 Å². The van der Waals surface area contributed by atoms with Crippen LogP contribution in [0.2, 0.25) is 0 Å². The molecule has 0 aromatic heterocycles. The summed E-state index contributed by atoms with van der Waals surface area (Å²) in [5, 5.41) is 0. The molecule has 0 spiro atoms. The molecule has 0 aromatic rings. The summed E-state index contributed by atoms with van der Waals surface area (Å²) in [5.41, 5.74) is 5.53. The lowest BCUT2D eigenvalue weighted by atomic mass is 9.87. The molecule has 1 atom stereocenters. The molecule has 0 aromatic carbocycles. The second-order valence-electron chi connectivity index (χ2n) is 9.51. The molecule has 5 heteroatoms. The van der Waals surface area contributed by atoms with Crippen molar-refractivity contribution in [2.45, 2.75) is 124 Å². The SMILES string of the molecule is CCCCCCCCCCCCCCCC(=O)OCCSC[C@H](N)C(=O)C(C)(C)C. The van der Waals surface area contributed by atoms with E-state index in [1.54, 1.807) is 11.8 Å². The Morgan fingerprint density at radius 3 is 1.77 bits per heavy atom. The first-order chi connectivity index (χ1) is 14.3. The van der Waals surface area contributed by atoms with Gasteiger partial charge in [0.15, 0.2) is 5.78 Å². The lowest BCUT2D eigenvalue weighted by Crippen LogP contribution is -2.40. The summed E-state index contributed by atoms with van der Waals surface area (Å²) in [7, 11) is 0. The molecule has 2 N–H and O–H groups in total. The van der Waals surface area contributed by atoms with Crippen molar-refractivity contribution in [1.29, 1.82) is 0 Å². The molecule has 0 amide bonds. The molecule has 0 heterocycles. The fraction of sp³-hybridized carbons (Fsp3) is 0.920. The maximum atomic E-state index is 12.0. The maximum Gasteiger partial charge on any atom is 0.305 e. The van der Waals surface area contributed by atoms with Gasteiger partial charge in [-0.2, -0.15) is 11.8 Å². The molecule has 178 valence electrons. The fourth-order valence-electron chi connectivity index (χ4n) is 3.42. The van der Waals surface area contributed by atoms with Crippen molar-refractivity contribution in [3.8, 4) is 0 Å². The van der Waals surface area contributed by atoms with Gasteiger partial charge in [0.25, 0.3) is 0 Å². The lowest BCUT2D eigenvalue weighted by Gasteiger charge is -2.21. The van der Waals surface area contributed by atoms with Gasteiger partial charge < -0.3 is 10.5 Å². The molecular formula is C25H49NO3S. The van der Waals surface area contributed by atoms with E-state index in [2.05, 4.69) is 6.92 Å². The number of nitrogens with two attached hydrogens (primary N) is 1. The highest BCUT2D eigenvalue weighted by atomic mass is 32.2. The van der Waals surface area contributed by atoms with Crippen LogP contribution < -0.4 is 5.73 Å². The number of hydrogen-bond acceptors (Lipinski definition) is 5. The van der Waals surface area contributed by atoms with Gasteiger partial charge >= 0.3 is 5.97 Å². The molecule has 0 radical (unpaired) electrons. The molecule has 0 aliphatic rings. The van der Waals surface area contributed by atoms with Crippen LogP contribution in [0.3, 0.4) is 0 Å². The normalized spacial score (nSPS) is 12.7. The van der Waals surface area contributed by atoms with E-state index in [1.807, 2.05) is 20.8 Å². The molecule has 30 heavy (non-hydrogen) atoms. The third kappa shape index (κ3) is 18.2. The third-order valence-corrected chi connectivity index (χ3v) is 6.40. The summed E-state index contributed by atoms with van der Waals surface area (Å²) in [6.45, 7) is 8.33. The van der Waals surface area contributed by atoms with E-state index in [4.69, 9.17) is 10.5 Å². The number of Topliss-reactive ketones (excluding diaryl/α,β-unsaturated/α-hetero) is 1. The first kappa shape index (κ1) is 29.5. The molecular weight excluding hydrogens is 394 g/mol. The molecule has 0 fully saturated rings. The van der Waals surface area contributed by atoms with Crippen molar-refractivity contribution in [2.75, 3.05) is 18.1 Å². The summed E-state index contributed by atoms with van der Waals surface area (Å²) in [6.07, 6.45) is 17.5. The smallest absolute Gasteiger partial charge is 0.305 e. The minimum absolute atomic E-state index is 0.0782. The van der Waals surface area contributed by atoms with E-state index >= 15 is 0 Å². The Morgan fingerprint density at radius 2 is 1.30 bits per heavy atom. The fourth-order valence-corrected chi connectivity index (χ4v) is 4.19. The van der Waals surface area contributed by atoms with E-state index in [9.17, 15) is 9.59 Å². The minimum Gasteiger partial charge on any atom is -0.465 e. The van der Waals surface area contributed by atoms with E-state index in [0.717, 1.165) is 12.8 Å². The Hall–Kier alpha value is -0.550. The highest BCUT2D eigenvalue weighted by Gasteiger charge is 2.26. The maximum absolute atomic E-state index is 12.0. The van der Waals surface area contributed by atoms with Crippen LogP contribution in [0.25, 0.3) is 0 Å². The summed E-state index contributed by atoms with van der Waals surface area (Å²) in [5.74, 6) is 1.24. The molecule has 0 saturated heterocycles. The number of carbonyl (C=O) groups is 2. The Kier molecular flexibility index (Phi) is 18.8. The van der Waals surface area contributed by atoms with Gasteiger partial charge in [0, 0.05) is 23.3 Å². The van der Waals surface area contributed by atoms with Crippen molar-refractivity contribution in [3.05, 3.63) is 0 Å². The number of ketones is 1. The standard InChI is InChI=1S/C25H49NO3S/c1-5-6-7-8-9-10-11-12-13-14-15-16-17-18-23(27)29-19-20-30-21-22(26)24(28)25(2,3)4/h22H,5-21,26H2,1-4H3/t22-/m0/s1. The number of ether oxygens (including phenoxy) is 1. The zero-order chi connectivity index (χ0) is 22.7. The molecule has 4 nitrogen and oxygen atoms in total. The predicted molar refractivity (Wildman–Crippen MR) is 131 cm³/mol. The Morgan fingerprint density at radius 1 is 0.833 bits per heavy atom. The second kappa shape index (κ2) is 19.2. The van der Waals surface area contributed by atoms with Crippen LogP contribution in [0.1, 0.15) is 118 Å². The topological polar surface area (TPSA) is 69.4 Å². The summed E-state index contributed by atoms with van der Waals surface area (Å²) < 4.78 is 5.27. The zero-order valence-electron chi connectivity index (χ0n) is 20.3. The van der Waals surface area contributed by atoms with E-state index < -0.39 is 11.5 Å². The van der Waals surface area contributed by atoms with Crippen molar-refractivity contribution < 1.29 is 14.3 Å². The van der Waals surface area contributed by atoms with Gasteiger partial charge in [-0.3, -0.25) is 9.59 Å². The lowest BCUT2D eigenvalue weighted by molar-refractivity contribution is -0.143. The summed E-state index contributed by atoms with van der Waals surface area (Å²) >= 11 is 1.57. The second-order valence-corrected chi connectivity index (χ2v) is 10.7. The van der Waals surface area contributed by atoms with Crippen LogP contribution in [-0.4, -0.2) is 35.9 Å². The van der Waals surface area contributed by atoms with Crippen molar-refractivity contribution in [2.24, 2.45) is 11.1 Å². The van der Waals surface area contributed by atoms with Gasteiger partial charge in [0.05, 0.1) is 6.04 Å². The molecule has 0 aliphatic heterocycles. The highest BCUT2D eigenvalue weighted by Crippen LogP contribution is 2.18. The average Bonchev–Trinajstić information content (AvgIpc) is 2.69. The van der Waals surface area contributed by atoms with E-state index in [1.165, 1.54) is 70.6 Å². The van der Waals surface area contributed by atoms with Gasteiger partial charge in [-0.15, -0.1) is 0 Å². The van der Waals surface area contributed by atoms with Gasteiger partial charge in [0.2, 0.25) is 0 Å². The highest BCUT2D eigenvalue weighted by molar-refractivity contribution is 7.99.